The van der Waals surface area contributed by atoms with E-state index < -0.39 is 0 Å². The molecule has 3 fully saturated rings. The second-order valence-electron chi connectivity index (χ2n) is 9.67. The Balaban J connectivity index is 1.40. The summed E-state index contributed by atoms with van der Waals surface area (Å²) in [5, 5.41) is 0. The van der Waals surface area contributed by atoms with Crippen LogP contribution in [0.15, 0.2) is 12.4 Å². The van der Waals surface area contributed by atoms with Gasteiger partial charge in [-0.1, -0.05) is 13.8 Å². The molecule has 3 aliphatic rings. The predicted molar refractivity (Wildman–Crippen MR) is 114 cm³/mol. The summed E-state index contributed by atoms with van der Waals surface area (Å²) in [5.41, 5.74) is 1.52. The zero-order chi connectivity index (χ0) is 20.3. The molecule has 0 spiro atoms. The smallest absolute Gasteiger partial charge is 0.130 e. The molecule has 0 bridgehead atoms. The molecule has 1 saturated carbocycles. The van der Waals surface area contributed by atoms with Gasteiger partial charge in [-0.15, -0.1) is 0 Å². The van der Waals surface area contributed by atoms with Gasteiger partial charge in [-0.25, -0.2) is 9.97 Å². The first kappa shape index (κ1) is 21.2. The summed E-state index contributed by atoms with van der Waals surface area (Å²) in [6, 6.07) is 0.734. The summed E-state index contributed by atoms with van der Waals surface area (Å²) in [6.07, 6.45) is 9.20. The molecule has 4 rings (SSSR count). The molecule has 0 unspecified atom stereocenters. The summed E-state index contributed by atoms with van der Waals surface area (Å²) >= 11 is 0. The van der Waals surface area contributed by atoms with Crippen molar-refractivity contribution < 1.29 is 9.47 Å². The lowest BCUT2D eigenvalue weighted by Gasteiger charge is -2.54. The molecule has 0 radical (unpaired) electrons. The van der Waals surface area contributed by atoms with Crippen LogP contribution < -0.4 is 0 Å². The van der Waals surface area contributed by atoms with Crippen molar-refractivity contribution >= 4 is 0 Å². The van der Waals surface area contributed by atoms with Crippen LogP contribution in [0.2, 0.25) is 0 Å². The fraction of sp³-hybridized carbons (Fsp3) is 0.826. The van der Waals surface area contributed by atoms with Gasteiger partial charge in [0.05, 0.1) is 19.8 Å². The SMILES string of the molecule is COC[C@@]12CC[C@@H](N3CCOCC3)C[C@H]1CCN(Cc1cnc(C(C)C)nc1)C2. The van der Waals surface area contributed by atoms with E-state index in [4.69, 9.17) is 9.47 Å². The van der Waals surface area contributed by atoms with Crippen LogP contribution >= 0.6 is 0 Å². The second kappa shape index (κ2) is 9.38. The Bertz CT molecular complexity index is 647. The topological polar surface area (TPSA) is 50.7 Å². The number of aromatic nitrogens is 2. The second-order valence-corrected chi connectivity index (χ2v) is 9.67. The minimum absolute atomic E-state index is 0.300. The van der Waals surface area contributed by atoms with E-state index in [0.29, 0.717) is 11.3 Å². The fourth-order valence-electron chi connectivity index (χ4n) is 5.78. The number of morpholine rings is 1. The molecule has 2 aliphatic heterocycles. The molecule has 1 aromatic heterocycles. The highest BCUT2D eigenvalue weighted by Crippen LogP contribution is 2.48. The summed E-state index contributed by atoms with van der Waals surface area (Å²) < 4.78 is 11.3. The van der Waals surface area contributed by atoms with Crippen LogP contribution in [-0.4, -0.2) is 78.9 Å². The average molecular weight is 403 g/mol. The minimum Gasteiger partial charge on any atom is -0.384 e. The van der Waals surface area contributed by atoms with Crippen molar-refractivity contribution in [3.8, 4) is 0 Å². The number of piperidine rings is 1. The maximum absolute atomic E-state index is 5.78. The van der Waals surface area contributed by atoms with Gasteiger partial charge in [0.25, 0.3) is 0 Å². The van der Waals surface area contributed by atoms with Crippen molar-refractivity contribution in [1.82, 2.24) is 19.8 Å². The van der Waals surface area contributed by atoms with Gasteiger partial charge < -0.3 is 9.47 Å². The van der Waals surface area contributed by atoms with Crippen molar-refractivity contribution in [1.29, 1.82) is 0 Å². The quantitative estimate of drug-likeness (QED) is 0.729. The fourth-order valence-corrected chi connectivity index (χ4v) is 5.78. The molecule has 0 amide bonds. The molecule has 0 N–H and O–H groups in total. The Labute approximate surface area is 176 Å². The van der Waals surface area contributed by atoms with E-state index in [-0.39, 0.29) is 0 Å². The molecule has 2 saturated heterocycles. The predicted octanol–water partition coefficient (Wildman–Crippen LogP) is 2.94. The molecular formula is C23H38N4O2. The zero-order valence-electron chi connectivity index (χ0n) is 18.5. The Kier molecular flexibility index (Phi) is 6.84. The van der Waals surface area contributed by atoms with Gasteiger partial charge >= 0.3 is 0 Å². The summed E-state index contributed by atoms with van der Waals surface area (Å²) in [7, 11) is 1.87. The normalized spacial score (nSPS) is 31.7. The Morgan fingerprint density at radius 3 is 2.62 bits per heavy atom. The van der Waals surface area contributed by atoms with Crippen LogP contribution in [0.1, 0.15) is 56.8 Å². The van der Waals surface area contributed by atoms with Crippen molar-refractivity contribution in [2.75, 3.05) is 53.1 Å². The third-order valence-corrected chi connectivity index (χ3v) is 7.37. The number of fused-ring (bicyclic) bond motifs is 1. The van der Waals surface area contributed by atoms with Gasteiger partial charge in [0.2, 0.25) is 0 Å². The lowest BCUT2D eigenvalue weighted by Crippen LogP contribution is -2.56. The van der Waals surface area contributed by atoms with Crippen LogP contribution in [0.25, 0.3) is 0 Å². The van der Waals surface area contributed by atoms with E-state index in [1.807, 2.05) is 19.5 Å². The molecule has 6 nitrogen and oxygen atoms in total. The molecule has 29 heavy (non-hydrogen) atoms. The van der Waals surface area contributed by atoms with E-state index in [1.165, 1.54) is 31.2 Å². The van der Waals surface area contributed by atoms with E-state index in [9.17, 15) is 0 Å². The highest BCUT2D eigenvalue weighted by atomic mass is 16.5. The number of ether oxygens (including phenoxy) is 2. The molecule has 3 heterocycles. The van der Waals surface area contributed by atoms with Crippen LogP contribution in [0.3, 0.4) is 0 Å². The summed E-state index contributed by atoms with van der Waals surface area (Å²) in [4.78, 5) is 14.4. The molecule has 0 aromatic carbocycles. The van der Waals surface area contributed by atoms with E-state index in [2.05, 4.69) is 33.6 Å². The number of likely N-dealkylation sites (tertiary alicyclic amines) is 1. The number of nitrogens with zero attached hydrogens (tertiary/aromatic N) is 4. The Morgan fingerprint density at radius 1 is 1.17 bits per heavy atom. The van der Waals surface area contributed by atoms with Gasteiger partial charge in [0.1, 0.15) is 5.82 Å². The average Bonchev–Trinajstić information content (AvgIpc) is 2.74. The van der Waals surface area contributed by atoms with Crippen molar-refractivity contribution in [3.63, 3.8) is 0 Å². The molecule has 162 valence electrons. The standard InChI is InChI=1S/C23H38N4O2/c1-18(2)22-24-13-19(14-25-22)15-26-7-5-20-12-21(27-8-10-29-11-9-27)4-6-23(20,16-26)17-28-3/h13-14,18,20-21H,4-12,15-17H2,1-3H3/t20-,21-,23+/m1/s1. The lowest BCUT2D eigenvalue weighted by molar-refractivity contribution is -0.0871. The molecule has 6 heteroatoms. The number of methoxy groups -OCH3 is 1. The molecule has 3 atom stereocenters. The maximum atomic E-state index is 5.78. The van der Waals surface area contributed by atoms with Crippen LogP contribution in [0.5, 0.6) is 0 Å². The molecule has 1 aliphatic carbocycles. The highest BCUT2D eigenvalue weighted by Gasteiger charge is 2.47. The van der Waals surface area contributed by atoms with E-state index in [1.54, 1.807) is 0 Å². The van der Waals surface area contributed by atoms with Crippen molar-refractivity contribution in [2.45, 2.75) is 58.0 Å². The van der Waals surface area contributed by atoms with Crippen LogP contribution in [0, 0.1) is 11.3 Å². The highest BCUT2D eigenvalue weighted by molar-refractivity contribution is 5.08. The third-order valence-electron chi connectivity index (χ3n) is 7.37. The van der Waals surface area contributed by atoms with Gasteiger partial charge in [-0.2, -0.15) is 0 Å². The first-order valence-electron chi connectivity index (χ1n) is 11.4. The van der Waals surface area contributed by atoms with Crippen molar-refractivity contribution in [2.24, 2.45) is 11.3 Å². The van der Waals surface area contributed by atoms with Gasteiger partial charge in [0, 0.05) is 68.6 Å². The largest absolute Gasteiger partial charge is 0.384 e. The number of hydrogen-bond acceptors (Lipinski definition) is 6. The summed E-state index contributed by atoms with van der Waals surface area (Å²) in [5.74, 6) is 2.08. The molecule has 1 aromatic rings. The number of hydrogen-bond donors (Lipinski definition) is 0. The summed E-state index contributed by atoms with van der Waals surface area (Å²) in [6.45, 7) is 12.4. The Morgan fingerprint density at radius 2 is 1.93 bits per heavy atom. The van der Waals surface area contributed by atoms with Crippen molar-refractivity contribution in [3.05, 3.63) is 23.8 Å². The third kappa shape index (κ3) is 4.82. The molecular weight excluding hydrogens is 364 g/mol. The lowest BCUT2D eigenvalue weighted by atomic mass is 9.62. The first-order chi connectivity index (χ1) is 14.1. The van der Waals surface area contributed by atoms with E-state index in [0.717, 1.165) is 70.3 Å². The number of rotatable bonds is 6. The van der Waals surface area contributed by atoms with Gasteiger partial charge in [0.15, 0.2) is 0 Å². The Hall–Kier alpha value is -1.08. The van der Waals surface area contributed by atoms with Crippen LogP contribution in [-0.2, 0) is 16.0 Å². The van der Waals surface area contributed by atoms with E-state index >= 15 is 0 Å². The minimum atomic E-state index is 0.300. The van der Waals surface area contributed by atoms with Crippen LogP contribution in [0.4, 0.5) is 0 Å². The first-order valence-corrected chi connectivity index (χ1v) is 11.4. The zero-order valence-corrected chi connectivity index (χ0v) is 18.5. The van der Waals surface area contributed by atoms with Gasteiger partial charge in [-0.3, -0.25) is 9.80 Å². The monoisotopic (exact) mass is 402 g/mol. The van der Waals surface area contributed by atoms with Gasteiger partial charge in [-0.05, 0) is 38.1 Å². The maximum Gasteiger partial charge on any atom is 0.130 e.